The van der Waals surface area contributed by atoms with Gasteiger partial charge in [0, 0.05) is 12.1 Å². The number of hydrogen-bond acceptors (Lipinski definition) is 13. The van der Waals surface area contributed by atoms with E-state index >= 15 is 0 Å². The molecule has 0 radical (unpaired) electrons. The minimum absolute atomic E-state index is 0.0804. The Kier molecular flexibility index (Phi) is 7.94. The van der Waals surface area contributed by atoms with Crippen molar-refractivity contribution in [2.24, 2.45) is 0 Å². The molecule has 0 aliphatic carbocycles. The lowest BCUT2D eigenvalue weighted by Gasteiger charge is -2.45. The van der Waals surface area contributed by atoms with Gasteiger partial charge < -0.3 is 54.7 Å². The van der Waals surface area contributed by atoms with Gasteiger partial charge in [-0.2, -0.15) is 0 Å². The topological polar surface area (TPSA) is 222 Å². The number of aliphatic hydroxyl groups excluding tert-OH is 7. The van der Waals surface area contributed by atoms with E-state index in [1.807, 2.05) is 0 Å². The van der Waals surface area contributed by atoms with Crippen LogP contribution >= 0.6 is 0 Å². The van der Waals surface area contributed by atoms with Gasteiger partial charge in [0.25, 0.3) is 5.69 Å². The lowest BCUT2D eigenvalue weighted by Crippen LogP contribution is -2.65. The number of non-ortho nitro benzene ring substituents is 1. The summed E-state index contributed by atoms with van der Waals surface area (Å²) in [4.78, 5) is 10.1. The van der Waals surface area contributed by atoms with E-state index in [0.717, 1.165) is 12.1 Å². The highest BCUT2D eigenvalue weighted by atomic mass is 16.7. The van der Waals surface area contributed by atoms with E-state index in [1.54, 1.807) is 0 Å². The average Bonchev–Trinajstić information content (AvgIpc) is 2.79. The van der Waals surface area contributed by atoms with Gasteiger partial charge in [-0.05, 0) is 12.1 Å². The van der Waals surface area contributed by atoms with Crippen LogP contribution in [0.1, 0.15) is 0 Å². The summed E-state index contributed by atoms with van der Waals surface area (Å²) in [5, 5.41) is 80.4. The first-order valence-corrected chi connectivity index (χ1v) is 9.67. The van der Waals surface area contributed by atoms with Crippen molar-refractivity contribution in [1.82, 2.24) is 0 Å². The normalized spacial score (nSPS) is 40.1. The number of rotatable bonds is 7. The van der Waals surface area contributed by atoms with Crippen LogP contribution in [-0.4, -0.2) is 115 Å². The van der Waals surface area contributed by atoms with Crippen LogP contribution in [-0.2, 0) is 14.2 Å². The minimum Gasteiger partial charge on any atom is -0.462 e. The van der Waals surface area contributed by atoms with Crippen molar-refractivity contribution in [3.8, 4) is 5.75 Å². The summed E-state index contributed by atoms with van der Waals surface area (Å²) in [6.45, 7) is -1.42. The Hall–Kier alpha value is -1.98. The van der Waals surface area contributed by atoms with Crippen LogP contribution in [0.2, 0.25) is 0 Å². The molecule has 7 N–H and O–H groups in total. The Balaban J connectivity index is 1.70. The van der Waals surface area contributed by atoms with Gasteiger partial charge in [0.2, 0.25) is 6.29 Å². The Morgan fingerprint density at radius 2 is 1.38 bits per heavy atom. The highest BCUT2D eigenvalue weighted by Crippen LogP contribution is 2.30. The highest BCUT2D eigenvalue weighted by Gasteiger charge is 2.51. The van der Waals surface area contributed by atoms with E-state index in [4.69, 9.17) is 18.9 Å². The van der Waals surface area contributed by atoms with Crippen molar-refractivity contribution in [3.05, 3.63) is 34.4 Å². The maximum absolute atomic E-state index is 10.7. The number of benzene rings is 1. The molecular weight excluding hydrogens is 438 g/mol. The second-order valence-electron chi connectivity index (χ2n) is 7.37. The first kappa shape index (κ1) is 24.7. The second kappa shape index (κ2) is 10.3. The fraction of sp³-hybridized carbons (Fsp3) is 0.667. The van der Waals surface area contributed by atoms with Crippen molar-refractivity contribution in [2.45, 2.75) is 61.4 Å². The van der Waals surface area contributed by atoms with Crippen molar-refractivity contribution in [3.63, 3.8) is 0 Å². The molecule has 0 saturated carbocycles. The van der Waals surface area contributed by atoms with Crippen LogP contribution in [0, 0.1) is 10.1 Å². The van der Waals surface area contributed by atoms with Crippen LogP contribution < -0.4 is 4.74 Å². The van der Waals surface area contributed by atoms with Gasteiger partial charge >= 0.3 is 0 Å². The first-order valence-electron chi connectivity index (χ1n) is 9.67. The Bertz CT molecular complexity index is 760. The smallest absolute Gasteiger partial charge is 0.269 e. The molecule has 1 aromatic carbocycles. The summed E-state index contributed by atoms with van der Waals surface area (Å²) in [5.41, 5.74) is -0.191. The van der Waals surface area contributed by atoms with E-state index in [9.17, 15) is 45.9 Å². The van der Waals surface area contributed by atoms with E-state index in [0.29, 0.717) is 0 Å². The van der Waals surface area contributed by atoms with Gasteiger partial charge in [0.05, 0.1) is 18.1 Å². The molecule has 2 aliphatic rings. The standard InChI is InChI=1S/C18H25NO13/c20-5-9-11(22)12(23)14(25)18(30-9)32-16-10(6-21)31-17(15(26)13(16)24)29-8-3-1-7(2-4-8)19(27)28/h1-4,9-18,20-26H,5-6H2/t9-,10-,11+,12+,13-,14-,15-,16-,17-,18+/m1/s1. The lowest BCUT2D eigenvalue weighted by atomic mass is 9.97. The summed E-state index contributed by atoms with van der Waals surface area (Å²) in [7, 11) is 0. The maximum Gasteiger partial charge on any atom is 0.269 e. The fourth-order valence-electron chi connectivity index (χ4n) is 3.43. The van der Waals surface area contributed by atoms with Crippen LogP contribution in [0.5, 0.6) is 5.75 Å². The Labute approximate surface area is 180 Å². The molecule has 10 atom stereocenters. The molecule has 2 aliphatic heterocycles. The molecule has 2 saturated heterocycles. The SMILES string of the molecule is O=[N+]([O-])c1ccc(O[C@@H]2O[C@H](CO)[C@@H](O[C@@H]3O[C@H](CO)[C@H](O)[C@H](O)[C@H]3O)[C@H](O)[C@H]2O)cc1. The molecule has 0 bridgehead atoms. The fourth-order valence-corrected chi connectivity index (χ4v) is 3.43. The average molecular weight is 463 g/mol. The predicted molar refractivity (Wildman–Crippen MR) is 100 cm³/mol. The number of ether oxygens (including phenoxy) is 4. The van der Waals surface area contributed by atoms with Gasteiger partial charge in [-0.1, -0.05) is 0 Å². The van der Waals surface area contributed by atoms with Crippen molar-refractivity contribution in [2.75, 3.05) is 13.2 Å². The molecule has 32 heavy (non-hydrogen) atoms. The summed E-state index contributed by atoms with van der Waals surface area (Å²) >= 11 is 0. The number of nitrogens with zero attached hydrogens (tertiary/aromatic N) is 1. The summed E-state index contributed by atoms with van der Waals surface area (Å²) in [6.07, 6.45) is -15.7. The molecule has 2 heterocycles. The van der Waals surface area contributed by atoms with Gasteiger partial charge in [-0.25, -0.2) is 0 Å². The number of nitro benzene ring substituents is 1. The molecule has 1 aromatic rings. The summed E-state index contributed by atoms with van der Waals surface area (Å²) in [5.74, 6) is 0.0804. The minimum atomic E-state index is -1.77. The first-order chi connectivity index (χ1) is 15.2. The van der Waals surface area contributed by atoms with Crippen LogP contribution in [0.4, 0.5) is 5.69 Å². The van der Waals surface area contributed by atoms with Crippen molar-refractivity contribution < 1.29 is 59.6 Å². The molecule has 180 valence electrons. The zero-order chi connectivity index (χ0) is 23.6. The molecule has 0 amide bonds. The third kappa shape index (κ3) is 4.99. The second-order valence-corrected chi connectivity index (χ2v) is 7.37. The van der Waals surface area contributed by atoms with E-state index in [1.165, 1.54) is 12.1 Å². The molecule has 14 heteroatoms. The third-order valence-electron chi connectivity index (χ3n) is 5.26. The molecule has 0 aromatic heterocycles. The zero-order valence-corrected chi connectivity index (χ0v) is 16.5. The van der Waals surface area contributed by atoms with E-state index in [2.05, 4.69) is 0 Å². The monoisotopic (exact) mass is 463 g/mol. The molecule has 0 spiro atoms. The summed E-state index contributed by atoms with van der Waals surface area (Å²) in [6, 6.07) is 4.83. The van der Waals surface area contributed by atoms with Crippen LogP contribution in [0.3, 0.4) is 0 Å². The van der Waals surface area contributed by atoms with Gasteiger partial charge in [-0.3, -0.25) is 10.1 Å². The third-order valence-corrected chi connectivity index (χ3v) is 5.26. The van der Waals surface area contributed by atoms with E-state index in [-0.39, 0.29) is 11.4 Å². The quantitative estimate of drug-likeness (QED) is 0.155. The molecule has 2 fully saturated rings. The molecule has 3 rings (SSSR count). The predicted octanol–water partition coefficient (Wildman–Crippen LogP) is -3.40. The van der Waals surface area contributed by atoms with Gasteiger partial charge in [0.15, 0.2) is 6.29 Å². The Morgan fingerprint density at radius 3 is 1.94 bits per heavy atom. The number of hydrogen-bond donors (Lipinski definition) is 7. The molecule has 0 unspecified atom stereocenters. The van der Waals surface area contributed by atoms with Crippen molar-refractivity contribution >= 4 is 5.69 Å². The lowest BCUT2D eigenvalue weighted by molar-refractivity contribution is -0.384. The van der Waals surface area contributed by atoms with Gasteiger partial charge in [0.1, 0.15) is 54.6 Å². The van der Waals surface area contributed by atoms with E-state index < -0.39 is 79.5 Å². The highest BCUT2D eigenvalue weighted by molar-refractivity contribution is 5.36. The number of nitro groups is 1. The van der Waals surface area contributed by atoms with Crippen molar-refractivity contribution in [1.29, 1.82) is 0 Å². The van der Waals surface area contributed by atoms with Gasteiger partial charge in [-0.15, -0.1) is 0 Å². The molecule has 14 nitrogen and oxygen atoms in total. The molecular formula is C18H25NO13. The zero-order valence-electron chi connectivity index (χ0n) is 16.5. The van der Waals surface area contributed by atoms with Crippen LogP contribution in [0.15, 0.2) is 24.3 Å². The Morgan fingerprint density at radius 1 is 0.812 bits per heavy atom. The largest absolute Gasteiger partial charge is 0.462 e. The number of aliphatic hydroxyl groups is 7. The maximum atomic E-state index is 10.7. The summed E-state index contributed by atoms with van der Waals surface area (Å²) < 4.78 is 21.5. The van der Waals surface area contributed by atoms with Crippen LogP contribution in [0.25, 0.3) is 0 Å².